The Hall–Kier alpha value is -1.95. The van der Waals surface area contributed by atoms with Gasteiger partial charge in [0.05, 0.1) is 5.69 Å². The van der Waals surface area contributed by atoms with Crippen molar-refractivity contribution in [2.24, 2.45) is 0 Å². The summed E-state index contributed by atoms with van der Waals surface area (Å²) in [5.74, 6) is -1.33. The molecule has 2 rings (SSSR count). The summed E-state index contributed by atoms with van der Waals surface area (Å²) < 4.78 is 2.22. The fourth-order valence-electron chi connectivity index (χ4n) is 1.50. The van der Waals surface area contributed by atoms with Crippen LogP contribution in [0.25, 0.3) is 5.69 Å². The van der Waals surface area contributed by atoms with Gasteiger partial charge in [0.2, 0.25) is 11.1 Å². The number of aromatic nitrogens is 2. The molecule has 0 amide bonds. The molecule has 0 unspecified atom stereocenters. The number of carboxylic acid groups (broad SMARTS) is 1. The van der Waals surface area contributed by atoms with Gasteiger partial charge >= 0.3 is 5.97 Å². The van der Waals surface area contributed by atoms with E-state index in [9.17, 15) is 9.59 Å². The molecule has 18 heavy (non-hydrogen) atoms. The normalized spacial score (nSPS) is 10.3. The number of hydrogen-bond acceptors (Lipinski definition) is 3. The van der Waals surface area contributed by atoms with E-state index in [0.29, 0.717) is 11.3 Å². The molecule has 0 saturated heterocycles. The maximum absolute atomic E-state index is 11.6. The third kappa shape index (κ3) is 2.33. The highest BCUT2D eigenvalue weighted by Gasteiger charge is 2.14. The lowest BCUT2D eigenvalue weighted by molar-refractivity contribution is 0.0686. The van der Waals surface area contributed by atoms with Crippen molar-refractivity contribution >= 4 is 21.9 Å². The molecular weight excluding hydrogens is 300 g/mol. The maximum atomic E-state index is 11.6. The standard InChI is InChI=1S/C12H9BrN2O3/c1-7-6-15(9-4-2-3-8(13)5-9)14-10(11(7)16)12(17)18/h2-6H,1H3,(H,17,18). The maximum Gasteiger partial charge on any atom is 0.360 e. The van der Waals surface area contributed by atoms with E-state index in [1.807, 2.05) is 6.07 Å². The van der Waals surface area contributed by atoms with Crippen molar-refractivity contribution in [3.8, 4) is 5.69 Å². The van der Waals surface area contributed by atoms with Crippen LogP contribution in [0, 0.1) is 6.92 Å². The van der Waals surface area contributed by atoms with Crippen molar-refractivity contribution in [1.29, 1.82) is 0 Å². The van der Waals surface area contributed by atoms with Gasteiger partial charge in [0.25, 0.3) is 0 Å². The minimum atomic E-state index is -1.33. The summed E-state index contributed by atoms with van der Waals surface area (Å²) in [7, 11) is 0. The van der Waals surface area contributed by atoms with Crippen LogP contribution in [0.3, 0.4) is 0 Å². The lowest BCUT2D eigenvalue weighted by atomic mass is 10.2. The molecule has 1 heterocycles. The monoisotopic (exact) mass is 308 g/mol. The summed E-state index contributed by atoms with van der Waals surface area (Å²) in [6.45, 7) is 1.56. The third-order valence-corrected chi connectivity index (χ3v) is 2.87. The number of benzene rings is 1. The molecule has 0 bridgehead atoms. The quantitative estimate of drug-likeness (QED) is 0.921. The van der Waals surface area contributed by atoms with Crippen LogP contribution in [0.1, 0.15) is 16.1 Å². The first-order chi connectivity index (χ1) is 8.49. The topological polar surface area (TPSA) is 72.2 Å². The lowest BCUT2D eigenvalue weighted by Gasteiger charge is -2.07. The molecule has 0 radical (unpaired) electrons. The van der Waals surface area contributed by atoms with E-state index in [4.69, 9.17) is 5.11 Å². The van der Waals surface area contributed by atoms with Gasteiger partial charge in [-0.05, 0) is 25.1 Å². The van der Waals surface area contributed by atoms with Crippen molar-refractivity contribution < 1.29 is 9.90 Å². The van der Waals surface area contributed by atoms with E-state index in [2.05, 4.69) is 21.0 Å². The number of hydrogen-bond donors (Lipinski definition) is 1. The summed E-state index contributed by atoms with van der Waals surface area (Å²) in [4.78, 5) is 22.5. The lowest BCUT2D eigenvalue weighted by Crippen LogP contribution is -2.23. The molecule has 0 aliphatic rings. The number of rotatable bonds is 2. The molecule has 0 aliphatic heterocycles. The smallest absolute Gasteiger partial charge is 0.360 e. The van der Waals surface area contributed by atoms with Crippen molar-refractivity contribution in [3.63, 3.8) is 0 Å². The molecular formula is C12H9BrN2O3. The zero-order valence-corrected chi connectivity index (χ0v) is 11.0. The van der Waals surface area contributed by atoms with E-state index >= 15 is 0 Å². The molecule has 0 fully saturated rings. The average Bonchev–Trinajstić information content (AvgIpc) is 2.32. The molecule has 1 aromatic carbocycles. The van der Waals surface area contributed by atoms with Gasteiger partial charge in [-0.3, -0.25) is 4.79 Å². The molecule has 6 heteroatoms. The predicted octanol–water partition coefficient (Wildman–Crippen LogP) is 2.00. The van der Waals surface area contributed by atoms with Crippen LogP contribution in [-0.2, 0) is 0 Å². The van der Waals surface area contributed by atoms with E-state index in [1.54, 1.807) is 25.1 Å². The zero-order chi connectivity index (χ0) is 13.3. The molecule has 1 N–H and O–H groups in total. The minimum Gasteiger partial charge on any atom is -0.476 e. The summed E-state index contributed by atoms with van der Waals surface area (Å²) in [6, 6.07) is 7.20. The van der Waals surface area contributed by atoms with Gasteiger partial charge in [-0.25, -0.2) is 9.48 Å². The van der Waals surface area contributed by atoms with Gasteiger partial charge in [0.1, 0.15) is 0 Å². The Bertz CT molecular complexity index is 679. The highest BCUT2D eigenvalue weighted by molar-refractivity contribution is 9.10. The number of carboxylic acids is 1. The molecule has 0 saturated carbocycles. The fourth-order valence-corrected chi connectivity index (χ4v) is 1.89. The molecule has 0 aliphatic carbocycles. The second kappa shape index (κ2) is 4.73. The Kier molecular flexibility index (Phi) is 3.29. The van der Waals surface area contributed by atoms with Crippen molar-refractivity contribution in [3.05, 3.63) is 56.4 Å². The second-order valence-corrected chi connectivity index (χ2v) is 4.64. The highest BCUT2D eigenvalue weighted by Crippen LogP contribution is 2.14. The van der Waals surface area contributed by atoms with E-state index < -0.39 is 17.1 Å². The van der Waals surface area contributed by atoms with Crippen molar-refractivity contribution in [2.45, 2.75) is 6.92 Å². The van der Waals surface area contributed by atoms with Gasteiger partial charge in [-0.2, -0.15) is 5.10 Å². The van der Waals surface area contributed by atoms with Gasteiger partial charge < -0.3 is 5.11 Å². The Balaban J connectivity index is 2.66. The van der Waals surface area contributed by atoms with E-state index in [0.717, 1.165) is 4.47 Å². The predicted molar refractivity (Wildman–Crippen MR) is 69.2 cm³/mol. The zero-order valence-electron chi connectivity index (χ0n) is 9.42. The number of nitrogens with zero attached hydrogens (tertiary/aromatic N) is 2. The molecule has 0 atom stereocenters. The first-order valence-corrected chi connectivity index (χ1v) is 5.88. The highest BCUT2D eigenvalue weighted by atomic mass is 79.9. The summed E-state index contributed by atoms with van der Waals surface area (Å²) in [5.41, 5.74) is -0.0268. The molecule has 2 aromatic rings. The Labute approximate surface area is 111 Å². The van der Waals surface area contributed by atoms with Crippen molar-refractivity contribution in [1.82, 2.24) is 9.78 Å². The molecule has 92 valence electrons. The van der Waals surface area contributed by atoms with Gasteiger partial charge in [0, 0.05) is 16.2 Å². The van der Waals surface area contributed by atoms with Crippen LogP contribution in [0.15, 0.2) is 39.7 Å². The Morgan fingerprint density at radius 3 is 2.78 bits per heavy atom. The van der Waals surface area contributed by atoms with Gasteiger partial charge in [0.15, 0.2) is 0 Å². The second-order valence-electron chi connectivity index (χ2n) is 3.72. The van der Waals surface area contributed by atoms with Gasteiger partial charge in [-0.1, -0.05) is 22.0 Å². The third-order valence-electron chi connectivity index (χ3n) is 2.37. The number of aromatic carboxylic acids is 1. The van der Waals surface area contributed by atoms with E-state index in [1.165, 1.54) is 10.9 Å². The van der Waals surface area contributed by atoms with Gasteiger partial charge in [-0.15, -0.1) is 0 Å². The first-order valence-electron chi connectivity index (χ1n) is 5.09. The number of halogens is 1. The van der Waals surface area contributed by atoms with Crippen LogP contribution in [0.4, 0.5) is 0 Å². The van der Waals surface area contributed by atoms with Crippen LogP contribution in [-0.4, -0.2) is 20.9 Å². The van der Waals surface area contributed by atoms with Crippen LogP contribution in [0.2, 0.25) is 0 Å². The Morgan fingerprint density at radius 1 is 1.44 bits per heavy atom. The molecule has 1 aromatic heterocycles. The summed E-state index contributed by atoms with van der Waals surface area (Å²) in [6.07, 6.45) is 1.51. The molecule has 5 nitrogen and oxygen atoms in total. The number of aryl methyl sites for hydroxylation is 1. The first kappa shape index (κ1) is 12.5. The summed E-state index contributed by atoms with van der Waals surface area (Å²) >= 11 is 3.32. The SMILES string of the molecule is Cc1cn(-c2cccc(Br)c2)nc(C(=O)O)c1=O. The minimum absolute atomic E-state index is 0.336. The Morgan fingerprint density at radius 2 is 2.17 bits per heavy atom. The van der Waals surface area contributed by atoms with Crippen LogP contribution >= 0.6 is 15.9 Å². The van der Waals surface area contributed by atoms with E-state index in [-0.39, 0.29) is 0 Å². The average molecular weight is 309 g/mol. The molecule has 0 spiro atoms. The summed E-state index contributed by atoms with van der Waals surface area (Å²) in [5, 5.41) is 12.8. The van der Waals surface area contributed by atoms with Crippen LogP contribution in [0.5, 0.6) is 0 Å². The van der Waals surface area contributed by atoms with Crippen LogP contribution < -0.4 is 5.43 Å². The largest absolute Gasteiger partial charge is 0.476 e. The van der Waals surface area contributed by atoms with Crippen molar-refractivity contribution in [2.75, 3.05) is 0 Å². The number of carbonyl (C=O) groups is 1. The fraction of sp³-hybridized carbons (Fsp3) is 0.0833.